The van der Waals surface area contributed by atoms with Crippen LogP contribution in [0.3, 0.4) is 0 Å². The summed E-state index contributed by atoms with van der Waals surface area (Å²) in [6, 6.07) is 14.5. The Morgan fingerprint density at radius 3 is 2.93 bits per heavy atom. The second-order valence-electron chi connectivity index (χ2n) is 7.38. The molecule has 1 aliphatic heterocycles. The van der Waals surface area contributed by atoms with Crippen molar-refractivity contribution < 1.29 is 4.74 Å². The normalized spacial score (nSPS) is 17.6. The standard InChI is InChI=1S/C23H28N4O/c1-3-27-14-12-24-23(27)17-26-13-6-8-19(16-26)22-11-5-10-21(25-22)18-7-4-9-20(15-18)28-2/h4-5,7,9-12,14-15,19H,3,6,8,13,16-17H2,1-2H3. The highest BCUT2D eigenvalue weighted by Crippen LogP contribution is 2.29. The number of hydrogen-bond acceptors (Lipinski definition) is 4. The van der Waals surface area contributed by atoms with Gasteiger partial charge in [-0.25, -0.2) is 4.98 Å². The fourth-order valence-electron chi connectivity index (χ4n) is 4.04. The van der Waals surface area contributed by atoms with Gasteiger partial charge in [-0.1, -0.05) is 18.2 Å². The Kier molecular flexibility index (Phi) is 5.72. The smallest absolute Gasteiger partial charge is 0.122 e. The van der Waals surface area contributed by atoms with E-state index in [1.54, 1.807) is 7.11 Å². The summed E-state index contributed by atoms with van der Waals surface area (Å²) in [5.74, 6) is 2.48. The van der Waals surface area contributed by atoms with Crippen LogP contribution < -0.4 is 4.74 Å². The topological polar surface area (TPSA) is 43.2 Å². The number of methoxy groups -OCH3 is 1. The first kappa shape index (κ1) is 18.7. The summed E-state index contributed by atoms with van der Waals surface area (Å²) in [6.07, 6.45) is 6.35. The first-order valence-corrected chi connectivity index (χ1v) is 10.1. The molecule has 0 N–H and O–H groups in total. The second kappa shape index (κ2) is 8.57. The lowest BCUT2D eigenvalue weighted by Gasteiger charge is -2.32. The van der Waals surface area contributed by atoms with E-state index in [9.17, 15) is 0 Å². The number of piperidine rings is 1. The van der Waals surface area contributed by atoms with Crippen molar-refractivity contribution in [1.82, 2.24) is 19.4 Å². The number of likely N-dealkylation sites (tertiary alicyclic amines) is 1. The van der Waals surface area contributed by atoms with Gasteiger partial charge in [-0.05, 0) is 50.6 Å². The summed E-state index contributed by atoms with van der Waals surface area (Å²) in [5.41, 5.74) is 3.29. The van der Waals surface area contributed by atoms with Crippen molar-refractivity contribution in [1.29, 1.82) is 0 Å². The van der Waals surface area contributed by atoms with Crippen LogP contribution in [-0.2, 0) is 13.1 Å². The Morgan fingerprint density at radius 2 is 2.07 bits per heavy atom. The Hall–Kier alpha value is -2.66. The molecule has 0 amide bonds. The maximum atomic E-state index is 5.36. The van der Waals surface area contributed by atoms with Gasteiger partial charge in [0.25, 0.3) is 0 Å². The Labute approximate surface area is 167 Å². The molecule has 1 aromatic carbocycles. The van der Waals surface area contributed by atoms with Gasteiger partial charge in [0.2, 0.25) is 0 Å². The molecule has 28 heavy (non-hydrogen) atoms. The molecule has 1 unspecified atom stereocenters. The number of imidazole rings is 1. The van der Waals surface area contributed by atoms with E-state index in [2.05, 4.69) is 51.8 Å². The van der Waals surface area contributed by atoms with Crippen LogP contribution in [0.5, 0.6) is 5.75 Å². The zero-order valence-corrected chi connectivity index (χ0v) is 16.7. The molecule has 4 rings (SSSR count). The zero-order chi connectivity index (χ0) is 19.3. The van der Waals surface area contributed by atoms with Crippen molar-refractivity contribution in [2.75, 3.05) is 20.2 Å². The number of aromatic nitrogens is 3. The van der Waals surface area contributed by atoms with Gasteiger partial charge in [0, 0.05) is 42.7 Å². The predicted molar refractivity (Wildman–Crippen MR) is 111 cm³/mol. The molecule has 2 aromatic heterocycles. The van der Waals surface area contributed by atoms with E-state index in [0.717, 1.165) is 49.0 Å². The summed E-state index contributed by atoms with van der Waals surface area (Å²) in [4.78, 5) is 12.1. The molecule has 1 fully saturated rings. The van der Waals surface area contributed by atoms with Crippen molar-refractivity contribution >= 4 is 0 Å². The Bertz CT molecular complexity index is 920. The fourth-order valence-corrected chi connectivity index (χ4v) is 4.04. The van der Waals surface area contributed by atoms with Gasteiger partial charge in [0.1, 0.15) is 11.6 Å². The van der Waals surface area contributed by atoms with Gasteiger partial charge >= 0.3 is 0 Å². The first-order chi connectivity index (χ1) is 13.8. The van der Waals surface area contributed by atoms with Crippen LogP contribution in [0.25, 0.3) is 11.3 Å². The molecule has 0 bridgehead atoms. The minimum absolute atomic E-state index is 0.462. The SMILES string of the molecule is CCn1ccnc1CN1CCCC(c2cccc(-c3cccc(OC)c3)n2)C1. The molecule has 3 heterocycles. The number of ether oxygens (including phenoxy) is 1. The third-order valence-corrected chi connectivity index (χ3v) is 5.57. The van der Waals surface area contributed by atoms with E-state index in [1.807, 2.05) is 24.4 Å². The van der Waals surface area contributed by atoms with Gasteiger partial charge in [-0.2, -0.15) is 0 Å². The lowest BCUT2D eigenvalue weighted by molar-refractivity contribution is 0.192. The molecule has 5 nitrogen and oxygen atoms in total. The van der Waals surface area contributed by atoms with Crippen LogP contribution in [0, 0.1) is 0 Å². The van der Waals surface area contributed by atoms with Gasteiger partial charge in [-0.15, -0.1) is 0 Å². The highest BCUT2D eigenvalue weighted by molar-refractivity contribution is 5.61. The summed E-state index contributed by atoms with van der Waals surface area (Å²) >= 11 is 0. The van der Waals surface area contributed by atoms with Crippen molar-refractivity contribution in [2.45, 2.75) is 38.8 Å². The van der Waals surface area contributed by atoms with Gasteiger partial charge in [0.05, 0.1) is 19.3 Å². The van der Waals surface area contributed by atoms with Crippen molar-refractivity contribution in [3.63, 3.8) is 0 Å². The summed E-state index contributed by atoms with van der Waals surface area (Å²) in [5, 5.41) is 0. The predicted octanol–water partition coefficient (Wildman–Crippen LogP) is 4.35. The van der Waals surface area contributed by atoms with E-state index < -0.39 is 0 Å². The number of rotatable bonds is 6. The number of aryl methyl sites for hydroxylation is 1. The van der Waals surface area contributed by atoms with E-state index in [1.165, 1.54) is 18.5 Å². The maximum absolute atomic E-state index is 5.36. The minimum Gasteiger partial charge on any atom is -0.497 e. The lowest BCUT2D eigenvalue weighted by Crippen LogP contribution is -2.35. The highest BCUT2D eigenvalue weighted by Gasteiger charge is 2.23. The monoisotopic (exact) mass is 376 g/mol. The number of nitrogens with zero attached hydrogens (tertiary/aromatic N) is 4. The largest absolute Gasteiger partial charge is 0.497 e. The van der Waals surface area contributed by atoms with Gasteiger partial charge < -0.3 is 9.30 Å². The molecular formula is C23H28N4O. The van der Waals surface area contributed by atoms with E-state index in [-0.39, 0.29) is 0 Å². The lowest BCUT2D eigenvalue weighted by atomic mass is 9.94. The number of pyridine rings is 1. The summed E-state index contributed by atoms with van der Waals surface area (Å²) in [7, 11) is 1.70. The van der Waals surface area contributed by atoms with Crippen LogP contribution in [0.2, 0.25) is 0 Å². The Balaban J connectivity index is 1.50. The molecule has 0 radical (unpaired) electrons. The highest BCUT2D eigenvalue weighted by atomic mass is 16.5. The fraction of sp³-hybridized carbons (Fsp3) is 0.391. The molecule has 1 atom stereocenters. The summed E-state index contributed by atoms with van der Waals surface area (Å²) < 4.78 is 7.59. The van der Waals surface area contributed by atoms with Crippen molar-refractivity contribution in [2.24, 2.45) is 0 Å². The van der Waals surface area contributed by atoms with E-state index in [0.29, 0.717) is 5.92 Å². The van der Waals surface area contributed by atoms with E-state index >= 15 is 0 Å². The molecule has 0 saturated carbocycles. The van der Waals surface area contributed by atoms with Gasteiger partial charge in [-0.3, -0.25) is 9.88 Å². The molecular weight excluding hydrogens is 348 g/mol. The van der Waals surface area contributed by atoms with Crippen LogP contribution >= 0.6 is 0 Å². The molecule has 0 aliphatic carbocycles. The zero-order valence-electron chi connectivity index (χ0n) is 16.7. The quantitative estimate of drug-likeness (QED) is 0.641. The average Bonchev–Trinajstić information content (AvgIpc) is 3.21. The molecule has 1 saturated heterocycles. The maximum Gasteiger partial charge on any atom is 0.122 e. The van der Waals surface area contributed by atoms with Crippen molar-refractivity contribution in [3.8, 4) is 17.0 Å². The first-order valence-electron chi connectivity index (χ1n) is 10.1. The van der Waals surface area contributed by atoms with E-state index in [4.69, 9.17) is 9.72 Å². The molecule has 3 aromatic rings. The average molecular weight is 377 g/mol. The second-order valence-corrected chi connectivity index (χ2v) is 7.38. The van der Waals surface area contributed by atoms with Crippen LogP contribution in [0.15, 0.2) is 54.9 Å². The number of benzene rings is 1. The van der Waals surface area contributed by atoms with Gasteiger partial charge in [0.15, 0.2) is 0 Å². The number of hydrogen-bond donors (Lipinski definition) is 0. The minimum atomic E-state index is 0.462. The molecule has 146 valence electrons. The Morgan fingerprint density at radius 1 is 1.18 bits per heavy atom. The third-order valence-electron chi connectivity index (χ3n) is 5.57. The molecule has 1 aliphatic rings. The molecule has 0 spiro atoms. The third kappa shape index (κ3) is 4.09. The van der Waals surface area contributed by atoms with Crippen LogP contribution in [0.4, 0.5) is 0 Å². The van der Waals surface area contributed by atoms with Crippen LogP contribution in [0.1, 0.15) is 37.2 Å². The summed E-state index contributed by atoms with van der Waals surface area (Å²) in [6.45, 7) is 6.20. The van der Waals surface area contributed by atoms with Crippen LogP contribution in [-0.4, -0.2) is 39.6 Å². The van der Waals surface area contributed by atoms with Crippen molar-refractivity contribution in [3.05, 3.63) is 66.4 Å². The molecule has 5 heteroatoms.